The summed E-state index contributed by atoms with van der Waals surface area (Å²) in [5, 5.41) is 14.2. The summed E-state index contributed by atoms with van der Waals surface area (Å²) in [6, 6.07) is 5.47. The van der Waals surface area contributed by atoms with E-state index in [0.717, 1.165) is 19.6 Å². The van der Waals surface area contributed by atoms with E-state index < -0.39 is 4.92 Å². The highest BCUT2D eigenvalue weighted by molar-refractivity contribution is 5.77. The minimum atomic E-state index is -0.414. The second-order valence-corrected chi connectivity index (χ2v) is 5.88. The van der Waals surface area contributed by atoms with Gasteiger partial charge < -0.3 is 14.6 Å². The average molecular weight is 288 g/mol. The lowest BCUT2D eigenvalue weighted by Crippen LogP contribution is -2.33. The highest BCUT2D eigenvalue weighted by Gasteiger charge is 2.43. The van der Waals surface area contributed by atoms with Crippen LogP contribution >= 0.6 is 0 Å². The molecule has 0 bridgehead atoms. The van der Waals surface area contributed by atoms with Crippen LogP contribution in [0.1, 0.15) is 6.92 Å². The molecule has 3 atom stereocenters. The van der Waals surface area contributed by atoms with E-state index in [1.54, 1.807) is 6.07 Å². The first-order chi connectivity index (χ1) is 10.1. The van der Waals surface area contributed by atoms with Gasteiger partial charge in [-0.05, 0) is 24.8 Å². The molecule has 0 amide bonds. The number of fused-ring (bicyclic) bond motifs is 2. The fourth-order valence-corrected chi connectivity index (χ4v) is 3.56. The van der Waals surface area contributed by atoms with Gasteiger partial charge in [-0.25, -0.2) is 0 Å². The summed E-state index contributed by atoms with van der Waals surface area (Å²) in [6.07, 6.45) is 0. The van der Waals surface area contributed by atoms with Gasteiger partial charge in [0.15, 0.2) is 5.58 Å². The smallest absolute Gasteiger partial charge is 0.298 e. The number of hydrogen-bond donors (Lipinski definition) is 1. The number of nitro groups is 1. The zero-order valence-corrected chi connectivity index (χ0v) is 11.7. The fraction of sp³-hybridized carbons (Fsp3) is 0.500. The van der Waals surface area contributed by atoms with Crippen molar-refractivity contribution in [1.82, 2.24) is 10.3 Å². The summed E-state index contributed by atoms with van der Waals surface area (Å²) in [4.78, 5) is 17.0. The molecule has 2 saturated heterocycles. The molecule has 7 heteroatoms. The van der Waals surface area contributed by atoms with Gasteiger partial charge in [0.2, 0.25) is 0 Å². The zero-order chi connectivity index (χ0) is 14.6. The third-order valence-corrected chi connectivity index (χ3v) is 4.75. The van der Waals surface area contributed by atoms with E-state index in [2.05, 4.69) is 22.1 Å². The van der Waals surface area contributed by atoms with Crippen molar-refractivity contribution in [3.8, 4) is 0 Å². The first-order valence-electron chi connectivity index (χ1n) is 7.16. The lowest BCUT2D eigenvalue weighted by molar-refractivity contribution is -0.384. The summed E-state index contributed by atoms with van der Waals surface area (Å²) in [7, 11) is 0. The van der Waals surface area contributed by atoms with E-state index in [9.17, 15) is 10.1 Å². The monoisotopic (exact) mass is 288 g/mol. The van der Waals surface area contributed by atoms with Gasteiger partial charge >= 0.3 is 0 Å². The second kappa shape index (κ2) is 4.42. The van der Waals surface area contributed by atoms with Crippen molar-refractivity contribution < 1.29 is 9.34 Å². The fourth-order valence-electron chi connectivity index (χ4n) is 3.56. The Morgan fingerprint density at radius 1 is 1.48 bits per heavy atom. The highest BCUT2D eigenvalue weighted by atomic mass is 16.6. The largest absolute Gasteiger partial charge is 0.423 e. The van der Waals surface area contributed by atoms with Crippen molar-refractivity contribution in [2.75, 3.05) is 24.5 Å². The molecule has 0 aliphatic carbocycles. The Kier molecular flexibility index (Phi) is 2.65. The maximum atomic E-state index is 10.8. The van der Waals surface area contributed by atoms with E-state index >= 15 is 0 Å². The molecule has 7 nitrogen and oxygen atoms in total. The molecule has 2 fully saturated rings. The van der Waals surface area contributed by atoms with Gasteiger partial charge in [-0.2, -0.15) is 4.98 Å². The molecule has 1 N–H and O–H groups in total. The molecular weight excluding hydrogens is 272 g/mol. The Morgan fingerprint density at radius 3 is 3.10 bits per heavy atom. The molecule has 1 aromatic heterocycles. The number of nitro benzene ring substituents is 1. The van der Waals surface area contributed by atoms with Gasteiger partial charge in [0.05, 0.1) is 4.92 Å². The molecule has 110 valence electrons. The van der Waals surface area contributed by atoms with Crippen LogP contribution in [0.25, 0.3) is 11.1 Å². The van der Waals surface area contributed by atoms with Crippen molar-refractivity contribution in [1.29, 1.82) is 0 Å². The summed E-state index contributed by atoms with van der Waals surface area (Å²) in [5.41, 5.74) is 1.18. The van der Waals surface area contributed by atoms with Crippen LogP contribution in [0.2, 0.25) is 0 Å². The number of aromatic nitrogens is 1. The zero-order valence-electron chi connectivity index (χ0n) is 11.7. The molecule has 2 aromatic rings. The van der Waals surface area contributed by atoms with Crippen LogP contribution in [0.15, 0.2) is 22.6 Å². The lowest BCUT2D eigenvalue weighted by atomic mass is 9.95. The van der Waals surface area contributed by atoms with Crippen LogP contribution in [-0.4, -0.2) is 35.6 Å². The van der Waals surface area contributed by atoms with Gasteiger partial charge in [-0.3, -0.25) is 10.1 Å². The molecule has 3 unspecified atom stereocenters. The third-order valence-electron chi connectivity index (χ3n) is 4.75. The van der Waals surface area contributed by atoms with Crippen molar-refractivity contribution in [2.45, 2.75) is 13.0 Å². The van der Waals surface area contributed by atoms with Crippen LogP contribution in [0.3, 0.4) is 0 Å². The van der Waals surface area contributed by atoms with Gasteiger partial charge in [-0.15, -0.1) is 0 Å². The Morgan fingerprint density at radius 2 is 2.33 bits per heavy atom. The molecule has 0 radical (unpaired) electrons. The van der Waals surface area contributed by atoms with Crippen molar-refractivity contribution in [2.24, 2.45) is 11.8 Å². The Bertz CT molecular complexity index is 713. The Balaban J connectivity index is 1.69. The quantitative estimate of drug-likeness (QED) is 0.670. The van der Waals surface area contributed by atoms with Crippen LogP contribution in [-0.2, 0) is 0 Å². The molecule has 4 rings (SSSR count). The summed E-state index contributed by atoms with van der Waals surface area (Å²) in [6.45, 7) is 5.19. The summed E-state index contributed by atoms with van der Waals surface area (Å²) < 4.78 is 5.79. The van der Waals surface area contributed by atoms with Crippen LogP contribution in [0, 0.1) is 22.0 Å². The van der Waals surface area contributed by atoms with Gasteiger partial charge in [0, 0.05) is 37.8 Å². The number of hydrogen-bond acceptors (Lipinski definition) is 6. The van der Waals surface area contributed by atoms with Crippen molar-refractivity contribution in [3.63, 3.8) is 0 Å². The standard InChI is InChI=1S/C14H16N4O3/c1-8-11-6-15-5-9(11)7-17(8)14-16-12-4-10(18(19)20)2-3-13(12)21-14/h2-4,8-9,11,15H,5-7H2,1H3. The minimum Gasteiger partial charge on any atom is -0.423 e. The highest BCUT2D eigenvalue weighted by Crippen LogP contribution is 2.36. The second-order valence-electron chi connectivity index (χ2n) is 5.88. The van der Waals surface area contributed by atoms with E-state index in [1.165, 1.54) is 12.1 Å². The number of non-ortho nitro benzene ring substituents is 1. The first-order valence-corrected chi connectivity index (χ1v) is 7.16. The molecule has 2 aliphatic heterocycles. The number of oxazole rings is 1. The molecule has 2 aliphatic rings. The lowest BCUT2D eigenvalue weighted by Gasteiger charge is -2.22. The number of nitrogens with one attached hydrogen (secondary N) is 1. The Hall–Kier alpha value is -2.15. The summed E-state index contributed by atoms with van der Waals surface area (Å²) >= 11 is 0. The minimum absolute atomic E-state index is 0.0397. The van der Waals surface area contributed by atoms with E-state index in [1.807, 2.05) is 0 Å². The molecule has 1 aromatic carbocycles. The predicted molar refractivity (Wildman–Crippen MR) is 77.3 cm³/mol. The van der Waals surface area contributed by atoms with Gasteiger partial charge in [-0.1, -0.05) is 0 Å². The molecule has 3 heterocycles. The van der Waals surface area contributed by atoms with Crippen molar-refractivity contribution in [3.05, 3.63) is 28.3 Å². The van der Waals surface area contributed by atoms with Crippen LogP contribution < -0.4 is 10.2 Å². The molecular formula is C14H16N4O3. The van der Waals surface area contributed by atoms with E-state index in [0.29, 0.717) is 35.0 Å². The van der Waals surface area contributed by atoms with Crippen LogP contribution in [0.4, 0.5) is 11.7 Å². The number of rotatable bonds is 2. The maximum absolute atomic E-state index is 10.8. The number of benzene rings is 1. The predicted octanol–water partition coefficient (Wildman–Crippen LogP) is 1.78. The van der Waals surface area contributed by atoms with Crippen LogP contribution in [0.5, 0.6) is 0 Å². The number of nitrogens with zero attached hydrogens (tertiary/aromatic N) is 3. The summed E-state index contributed by atoms with van der Waals surface area (Å²) in [5.74, 6) is 1.25. The topological polar surface area (TPSA) is 84.4 Å². The van der Waals surface area contributed by atoms with Gasteiger partial charge in [0.25, 0.3) is 11.7 Å². The van der Waals surface area contributed by atoms with Gasteiger partial charge in [0.1, 0.15) is 5.52 Å². The average Bonchev–Trinajstić information content (AvgIpc) is 3.13. The Labute approximate surface area is 121 Å². The SMILES string of the molecule is CC1C2CNCC2CN1c1nc2cc([N+](=O)[O-])ccc2o1. The van der Waals surface area contributed by atoms with E-state index in [4.69, 9.17) is 4.42 Å². The first kappa shape index (κ1) is 12.6. The molecule has 0 spiro atoms. The molecule has 21 heavy (non-hydrogen) atoms. The third kappa shape index (κ3) is 1.88. The normalized spacial score (nSPS) is 28.2. The molecule has 0 saturated carbocycles. The van der Waals surface area contributed by atoms with E-state index in [-0.39, 0.29) is 5.69 Å². The number of anilines is 1. The maximum Gasteiger partial charge on any atom is 0.298 e. The van der Waals surface area contributed by atoms with Crippen molar-refractivity contribution >= 4 is 22.8 Å².